The van der Waals surface area contributed by atoms with Crippen molar-refractivity contribution in [3.05, 3.63) is 58.6 Å². The van der Waals surface area contributed by atoms with Crippen LogP contribution in [0.1, 0.15) is 22.3 Å². The third-order valence-corrected chi connectivity index (χ3v) is 10.1. The molecule has 1 atom stereocenters. The molecule has 1 saturated heterocycles. The molecule has 12 heteroatoms. The number of carbonyl (C=O) groups is 2. The first-order valence-corrected chi connectivity index (χ1v) is 14.2. The molecule has 182 valence electrons. The fourth-order valence-corrected chi connectivity index (χ4v) is 7.88. The number of halogens is 1. The Morgan fingerprint density at radius 1 is 1.21 bits per heavy atom. The average molecular weight is 527 g/mol. The molecule has 2 aliphatic rings. The zero-order chi connectivity index (χ0) is 24.7. The van der Waals surface area contributed by atoms with Gasteiger partial charge in [-0.15, -0.1) is 0 Å². The number of carbonyl (C=O) groups excluding carboxylic acids is 2. The molecule has 9 nitrogen and oxygen atoms in total. The first-order valence-electron chi connectivity index (χ1n) is 10.5. The van der Waals surface area contributed by atoms with Gasteiger partial charge in [0.2, 0.25) is 0 Å². The smallest absolute Gasteiger partial charge is 0.338 e. The minimum Gasteiger partial charge on any atom is -0.452 e. The van der Waals surface area contributed by atoms with Gasteiger partial charge in [-0.05, 0) is 42.7 Å². The molecule has 0 bridgehead atoms. The van der Waals surface area contributed by atoms with E-state index in [9.17, 15) is 26.4 Å². The van der Waals surface area contributed by atoms with Crippen molar-refractivity contribution in [3.8, 4) is 0 Å². The zero-order valence-electron chi connectivity index (χ0n) is 18.3. The van der Waals surface area contributed by atoms with Crippen molar-refractivity contribution in [1.82, 2.24) is 4.90 Å². The molecular weight excluding hydrogens is 504 g/mol. The highest BCUT2D eigenvalue weighted by atomic mass is 35.5. The van der Waals surface area contributed by atoms with E-state index in [1.165, 1.54) is 28.4 Å². The van der Waals surface area contributed by atoms with Crippen molar-refractivity contribution in [2.45, 2.75) is 23.8 Å². The molecule has 1 amide bonds. The van der Waals surface area contributed by atoms with Crippen molar-refractivity contribution < 1.29 is 31.2 Å². The number of benzene rings is 2. The number of nitrogens with zero attached hydrogens (tertiary/aromatic N) is 2. The number of hydrogen-bond donors (Lipinski definition) is 0. The number of anilines is 1. The summed E-state index contributed by atoms with van der Waals surface area (Å²) in [6, 6.07) is 10.4. The van der Waals surface area contributed by atoms with Gasteiger partial charge in [0.15, 0.2) is 16.4 Å². The van der Waals surface area contributed by atoms with Crippen LogP contribution < -0.4 is 4.31 Å². The summed E-state index contributed by atoms with van der Waals surface area (Å²) in [5.74, 6) is -1.55. The van der Waals surface area contributed by atoms with Gasteiger partial charge in [-0.1, -0.05) is 29.8 Å². The van der Waals surface area contributed by atoms with Gasteiger partial charge in [0, 0.05) is 19.6 Å². The third kappa shape index (κ3) is 4.77. The molecule has 0 aliphatic carbocycles. The minimum absolute atomic E-state index is 0.0125. The number of rotatable bonds is 6. The molecule has 1 unspecified atom stereocenters. The molecule has 2 aromatic rings. The predicted octanol–water partition coefficient (Wildman–Crippen LogP) is 1.89. The molecule has 0 aromatic heterocycles. The maximum atomic E-state index is 13.3. The lowest BCUT2D eigenvalue weighted by atomic mass is 10.2. The van der Waals surface area contributed by atoms with Gasteiger partial charge in [0.1, 0.15) is 4.90 Å². The molecule has 0 saturated carbocycles. The van der Waals surface area contributed by atoms with Crippen LogP contribution in [-0.2, 0) is 35.8 Å². The number of sulfone groups is 1. The predicted molar refractivity (Wildman–Crippen MR) is 126 cm³/mol. The number of fused-ring (bicyclic) bond motifs is 1. The number of hydrogen-bond acceptors (Lipinski definition) is 7. The van der Waals surface area contributed by atoms with E-state index >= 15 is 0 Å². The summed E-state index contributed by atoms with van der Waals surface area (Å²) < 4.78 is 56.3. The van der Waals surface area contributed by atoms with Crippen molar-refractivity contribution in [1.29, 1.82) is 0 Å². The van der Waals surface area contributed by atoms with Crippen LogP contribution in [-0.4, -0.2) is 71.4 Å². The lowest BCUT2D eigenvalue weighted by Crippen LogP contribution is -2.40. The quantitative estimate of drug-likeness (QED) is 0.527. The molecule has 34 heavy (non-hydrogen) atoms. The van der Waals surface area contributed by atoms with Crippen LogP contribution in [0.2, 0.25) is 5.02 Å². The Morgan fingerprint density at radius 2 is 1.94 bits per heavy atom. The highest BCUT2D eigenvalue weighted by Crippen LogP contribution is 2.35. The molecule has 1 fully saturated rings. The summed E-state index contributed by atoms with van der Waals surface area (Å²) in [5, 5.41) is -0.0424. The van der Waals surface area contributed by atoms with E-state index < -0.39 is 44.4 Å². The lowest BCUT2D eigenvalue weighted by Gasteiger charge is -2.23. The Bertz CT molecular complexity index is 1360. The fraction of sp³-hybridized carbons (Fsp3) is 0.364. The van der Waals surface area contributed by atoms with Crippen LogP contribution >= 0.6 is 11.6 Å². The van der Waals surface area contributed by atoms with E-state index in [0.29, 0.717) is 18.5 Å². The molecular formula is C22H23ClN2O7S2. The highest BCUT2D eigenvalue weighted by molar-refractivity contribution is 7.93. The second-order valence-corrected chi connectivity index (χ2v) is 12.7. The average Bonchev–Trinajstić information content (AvgIpc) is 3.40. The SMILES string of the molecule is CN(C(=O)COC(=O)c1ccc(Cl)c(S(=O)(=O)N2CCc3ccccc32)c1)C1CCS(=O)(=O)C1. The van der Waals surface area contributed by atoms with Gasteiger partial charge in [-0.2, -0.15) is 0 Å². The van der Waals surface area contributed by atoms with E-state index in [2.05, 4.69) is 0 Å². The second kappa shape index (κ2) is 9.20. The van der Waals surface area contributed by atoms with Gasteiger partial charge < -0.3 is 9.64 Å². The zero-order valence-corrected chi connectivity index (χ0v) is 20.7. The summed E-state index contributed by atoms with van der Waals surface area (Å²) in [6.07, 6.45) is 0.892. The van der Waals surface area contributed by atoms with Crippen LogP contribution in [0.4, 0.5) is 5.69 Å². The van der Waals surface area contributed by atoms with Crippen molar-refractivity contribution in [2.75, 3.05) is 36.0 Å². The number of ether oxygens (including phenoxy) is 1. The van der Waals surface area contributed by atoms with Gasteiger partial charge in [0.25, 0.3) is 15.9 Å². The normalized spacial score (nSPS) is 19.0. The number of para-hydroxylation sites is 1. The Hall–Kier alpha value is -2.63. The van der Waals surface area contributed by atoms with Gasteiger partial charge in [-0.3, -0.25) is 9.10 Å². The number of amides is 1. The molecule has 2 aromatic carbocycles. The maximum absolute atomic E-state index is 13.3. The van der Waals surface area contributed by atoms with Crippen molar-refractivity contribution in [3.63, 3.8) is 0 Å². The van der Waals surface area contributed by atoms with E-state index in [0.717, 1.165) is 11.6 Å². The Morgan fingerprint density at radius 3 is 2.65 bits per heavy atom. The summed E-state index contributed by atoms with van der Waals surface area (Å²) in [7, 11) is -5.76. The molecule has 0 N–H and O–H groups in total. The van der Waals surface area contributed by atoms with E-state index in [4.69, 9.17) is 16.3 Å². The molecule has 0 radical (unpaired) electrons. The van der Waals surface area contributed by atoms with Crippen LogP contribution in [0.15, 0.2) is 47.4 Å². The van der Waals surface area contributed by atoms with E-state index in [-0.39, 0.29) is 33.5 Å². The minimum atomic E-state index is -4.04. The first-order chi connectivity index (χ1) is 16.0. The summed E-state index contributed by atoms with van der Waals surface area (Å²) in [6.45, 7) is -0.347. The van der Waals surface area contributed by atoms with Crippen molar-refractivity contribution >= 4 is 49.0 Å². The molecule has 0 spiro atoms. The maximum Gasteiger partial charge on any atom is 0.338 e. The van der Waals surface area contributed by atoms with E-state index in [1.807, 2.05) is 12.1 Å². The summed E-state index contributed by atoms with van der Waals surface area (Å²) in [5.41, 5.74) is 1.39. The number of sulfonamides is 1. The third-order valence-electron chi connectivity index (χ3n) is 6.06. The Balaban J connectivity index is 1.48. The first kappa shape index (κ1) is 24.5. The standard InChI is InChI=1S/C22H23ClN2O7S2/c1-24(17-9-11-33(28,29)14-17)21(26)13-32-22(27)16-6-7-18(23)20(12-16)34(30,31)25-10-8-15-4-2-3-5-19(15)25/h2-7,12,17H,8-11,13-14H2,1H3. The van der Waals surface area contributed by atoms with Crippen LogP contribution in [0.25, 0.3) is 0 Å². The van der Waals surface area contributed by atoms with Gasteiger partial charge in [-0.25, -0.2) is 21.6 Å². The molecule has 2 heterocycles. The highest BCUT2D eigenvalue weighted by Gasteiger charge is 2.34. The second-order valence-electron chi connectivity index (χ2n) is 8.24. The molecule has 2 aliphatic heterocycles. The van der Waals surface area contributed by atoms with Gasteiger partial charge in [0.05, 0.1) is 27.8 Å². The fourth-order valence-electron chi connectivity index (χ4n) is 4.10. The Kier molecular flexibility index (Phi) is 6.63. The Labute approximate surface area is 203 Å². The number of likely N-dealkylation sites (N-methyl/N-ethyl adjacent to an activating group) is 1. The van der Waals surface area contributed by atoms with Gasteiger partial charge >= 0.3 is 5.97 Å². The van der Waals surface area contributed by atoms with Crippen molar-refractivity contribution in [2.24, 2.45) is 0 Å². The van der Waals surface area contributed by atoms with Crippen LogP contribution in [0.5, 0.6) is 0 Å². The van der Waals surface area contributed by atoms with E-state index in [1.54, 1.807) is 12.1 Å². The largest absolute Gasteiger partial charge is 0.452 e. The topological polar surface area (TPSA) is 118 Å². The van der Waals surface area contributed by atoms with Crippen LogP contribution in [0.3, 0.4) is 0 Å². The number of esters is 1. The molecule has 4 rings (SSSR count). The summed E-state index contributed by atoms with van der Waals surface area (Å²) >= 11 is 6.19. The van der Waals surface area contributed by atoms with Crippen LogP contribution in [0, 0.1) is 0 Å². The lowest BCUT2D eigenvalue weighted by molar-refractivity contribution is -0.134. The summed E-state index contributed by atoms with van der Waals surface area (Å²) in [4.78, 5) is 26.0. The monoisotopic (exact) mass is 526 g/mol.